The van der Waals surface area contributed by atoms with Crippen molar-refractivity contribution in [3.63, 3.8) is 0 Å². The van der Waals surface area contributed by atoms with Crippen molar-refractivity contribution in [1.82, 2.24) is 10.0 Å². The average molecular weight is 140 g/mol. The highest BCUT2D eigenvalue weighted by molar-refractivity contribution is 4.80. The Morgan fingerprint density at radius 1 is 1.10 bits per heavy atom. The van der Waals surface area contributed by atoms with Crippen LogP contribution in [-0.4, -0.2) is 36.2 Å². The summed E-state index contributed by atoms with van der Waals surface area (Å²) in [4.78, 5) is 0. The number of nitrogens with zero attached hydrogens (tertiary/aromatic N) is 2. The highest BCUT2D eigenvalue weighted by atomic mass is 15.6. The van der Waals surface area contributed by atoms with E-state index in [4.69, 9.17) is 0 Å². The molecule has 1 unspecified atom stereocenters. The molecule has 10 heavy (non-hydrogen) atoms. The van der Waals surface area contributed by atoms with E-state index in [1.54, 1.807) is 0 Å². The van der Waals surface area contributed by atoms with Crippen molar-refractivity contribution in [3.8, 4) is 0 Å². The Balaban J connectivity index is 2.01. The van der Waals surface area contributed by atoms with Gasteiger partial charge < -0.3 is 0 Å². The minimum absolute atomic E-state index is 0.902. The van der Waals surface area contributed by atoms with Gasteiger partial charge in [0.2, 0.25) is 0 Å². The molecule has 0 aromatic heterocycles. The maximum atomic E-state index is 2.55. The van der Waals surface area contributed by atoms with Crippen LogP contribution in [0.2, 0.25) is 0 Å². The normalized spacial score (nSPS) is 36.3. The lowest BCUT2D eigenvalue weighted by Gasteiger charge is -2.33. The number of piperidine rings is 1. The lowest BCUT2D eigenvalue weighted by molar-refractivity contribution is 0.00102. The zero-order chi connectivity index (χ0) is 6.97. The topological polar surface area (TPSA) is 6.48 Å². The van der Waals surface area contributed by atoms with Gasteiger partial charge >= 0.3 is 0 Å². The highest BCUT2D eigenvalue weighted by Gasteiger charge is 2.30. The first kappa shape index (κ1) is 6.62. The summed E-state index contributed by atoms with van der Waals surface area (Å²) in [6.07, 6.45) is 5.69. The first-order valence-corrected chi connectivity index (χ1v) is 4.35. The fraction of sp³-hybridized carbons (Fsp3) is 1.00. The van der Waals surface area contributed by atoms with E-state index < -0.39 is 0 Å². The van der Waals surface area contributed by atoms with E-state index >= 15 is 0 Å². The minimum Gasteiger partial charge on any atom is -0.245 e. The molecular formula is C8H16N2. The summed E-state index contributed by atoms with van der Waals surface area (Å²) in [6, 6.07) is 0.902. The van der Waals surface area contributed by atoms with Crippen LogP contribution in [0.5, 0.6) is 0 Å². The first-order valence-electron chi connectivity index (χ1n) is 4.35. The molecule has 0 radical (unpaired) electrons. The molecule has 0 N–H and O–H groups in total. The molecule has 0 aromatic rings. The molecule has 58 valence electrons. The molecule has 0 aliphatic carbocycles. The molecule has 0 amide bonds. The van der Waals surface area contributed by atoms with E-state index in [0.29, 0.717) is 0 Å². The third kappa shape index (κ3) is 0.956. The van der Waals surface area contributed by atoms with E-state index in [0.717, 1.165) is 6.04 Å². The number of hydrogen-bond donors (Lipinski definition) is 0. The zero-order valence-electron chi connectivity index (χ0n) is 6.71. The Hall–Kier alpha value is -0.0800. The maximum absolute atomic E-state index is 2.55. The van der Waals surface area contributed by atoms with Gasteiger partial charge in [-0.15, -0.1) is 0 Å². The molecule has 2 rings (SSSR count). The van der Waals surface area contributed by atoms with Crippen molar-refractivity contribution in [2.45, 2.75) is 31.7 Å². The monoisotopic (exact) mass is 140 g/mol. The van der Waals surface area contributed by atoms with Crippen molar-refractivity contribution >= 4 is 0 Å². The van der Waals surface area contributed by atoms with E-state index in [2.05, 4.69) is 17.1 Å². The van der Waals surface area contributed by atoms with Crippen LogP contribution in [0.4, 0.5) is 0 Å². The highest BCUT2D eigenvalue weighted by Crippen LogP contribution is 2.25. The predicted molar refractivity (Wildman–Crippen MR) is 41.6 cm³/mol. The molecule has 2 saturated heterocycles. The second kappa shape index (κ2) is 2.51. The smallest absolute Gasteiger partial charge is 0.0258 e. The Labute approximate surface area is 62.8 Å². The summed E-state index contributed by atoms with van der Waals surface area (Å²) in [7, 11) is 2.21. The van der Waals surface area contributed by atoms with Gasteiger partial charge in [0.1, 0.15) is 0 Å². The summed E-state index contributed by atoms with van der Waals surface area (Å²) < 4.78 is 0. The van der Waals surface area contributed by atoms with Gasteiger partial charge in [-0.2, -0.15) is 0 Å². The Morgan fingerprint density at radius 2 is 2.00 bits per heavy atom. The lowest BCUT2D eigenvalue weighted by Crippen LogP contribution is -2.41. The van der Waals surface area contributed by atoms with Gasteiger partial charge in [0, 0.05) is 26.2 Å². The van der Waals surface area contributed by atoms with Gasteiger partial charge in [-0.05, 0) is 19.3 Å². The molecule has 0 spiro atoms. The Kier molecular flexibility index (Phi) is 1.66. The summed E-state index contributed by atoms with van der Waals surface area (Å²) in [5.74, 6) is 0. The van der Waals surface area contributed by atoms with Crippen LogP contribution in [0.15, 0.2) is 0 Å². The fourth-order valence-corrected chi connectivity index (χ4v) is 2.19. The van der Waals surface area contributed by atoms with E-state index in [1.165, 1.54) is 38.8 Å². The zero-order valence-corrected chi connectivity index (χ0v) is 6.71. The first-order chi connectivity index (χ1) is 4.88. The molecule has 2 heteroatoms. The van der Waals surface area contributed by atoms with Crippen LogP contribution in [0.25, 0.3) is 0 Å². The molecule has 0 bridgehead atoms. The van der Waals surface area contributed by atoms with Crippen molar-refractivity contribution in [1.29, 1.82) is 0 Å². The van der Waals surface area contributed by atoms with Gasteiger partial charge in [-0.1, -0.05) is 6.42 Å². The minimum atomic E-state index is 0.902. The van der Waals surface area contributed by atoms with E-state index in [9.17, 15) is 0 Å². The molecule has 2 aliphatic rings. The Morgan fingerprint density at radius 3 is 2.80 bits per heavy atom. The molecular weight excluding hydrogens is 124 g/mol. The van der Waals surface area contributed by atoms with Crippen LogP contribution in [0, 0.1) is 0 Å². The van der Waals surface area contributed by atoms with Crippen LogP contribution in [0.1, 0.15) is 25.7 Å². The third-order valence-electron chi connectivity index (χ3n) is 2.82. The number of hydrazine groups is 1. The van der Waals surface area contributed by atoms with Gasteiger partial charge in [0.15, 0.2) is 0 Å². The van der Waals surface area contributed by atoms with Crippen LogP contribution >= 0.6 is 0 Å². The van der Waals surface area contributed by atoms with E-state index in [1.807, 2.05) is 0 Å². The van der Waals surface area contributed by atoms with Crippen molar-refractivity contribution < 1.29 is 0 Å². The van der Waals surface area contributed by atoms with Gasteiger partial charge in [0.05, 0.1) is 0 Å². The standard InChI is InChI=1S/C8H16N2/c1-9-7-5-8-4-2-3-6-10(8)9/h8H,2-7H2,1H3. The molecule has 2 nitrogen and oxygen atoms in total. The number of hydrogen-bond acceptors (Lipinski definition) is 2. The predicted octanol–water partition coefficient (Wildman–Crippen LogP) is 1.09. The molecule has 0 aromatic carbocycles. The van der Waals surface area contributed by atoms with Gasteiger partial charge in [-0.25, -0.2) is 10.0 Å². The average Bonchev–Trinajstić information content (AvgIpc) is 2.34. The van der Waals surface area contributed by atoms with Crippen LogP contribution in [-0.2, 0) is 0 Å². The quantitative estimate of drug-likeness (QED) is 0.497. The summed E-state index contributed by atoms with van der Waals surface area (Å²) in [6.45, 7) is 2.59. The summed E-state index contributed by atoms with van der Waals surface area (Å²) in [5.41, 5.74) is 0. The maximum Gasteiger partial charge on any atom is 0.0258 e. The molecule has 2 aliphatic heterocycles. The second-order valence-corrected chi connectivity index (χ2v) is 3.48. The number of fused-ring (bicyclic) bond motifs is 1. The lowest BCUT2D eigenvalue weighted by atomic mass is 10.0. The number of rotatable bonds is 0. The Bertz CT molecular complexity index is 122. The second-order valence-electron chi connectivity index (χ2n) is 3.48. The van der Waals surface area contributed by atoms with Crippen molar-refractivity contribution in [2.24, 2.45) is 0 Å². The van der Waals surface area contributed by atoms with Crippen molar-refractivity contribution in [3.05, 3.63) is 0 Å². The fourth-order valence-electron chi connectivity index (χ4n) is 2.19. The largest absolute Gasteiger partial charge is 0.245 e. The van der Waals surface area contributed by atoms with Gasteiger partial charge in [0.25, 0.3) is 0 Å². The van der Waals surface area contributed by atoms with Crippen molar-refractivity contribution in [2.75, 3.05) is 20.1 Å². The van der Waals surface area contributed by atoms with Gasteiger partial charge in [-0.3, -0.25) is 0 Å². The summed E-state index contributed by atoms with van der Waals surface area (Å²) >= 11 is 0. The van der Waals surface area contributed by atoms with E-state index in [-0.39, 0.29) is 0 Å². The molecule has 2 heterocycles. The molecule has 2 fully saturated rings. The van der Waals surface area contributed by atoms with Crippen LogP contribution < -0.4 is 0 Å². The SMILES string of the molecule is CN1CCC2CCCCN21. The molecule has 1 atom stereocenters. The molecule has 0 saturated carbocycles. The van der Waals surface area contributed by atoms with Crippen LogP contribution in [0.3, 0.4) is 0 Å². The summed E-state index contributed by atoms with van der Waals surface area (Å²) in [5, 5.41) is 4.94. The third-order valence-corrected chi connectivity index (χ3v) is 2.82.